The number of hydrogen-bond acceptors (Lipinski definition) is 5. The predicted octanol–water partition coefficient (Wildman–Crippen LogP) is 3.70. The number of aromatic nitrogens is 2. The van der Waals surface area contributed by atoms with Crippen LogP contribution in [-0.4, -0.2) is 34.9 Å². The third kappa shape index (κ3) is 3.52. The second kappa shape index (κ2) is 7.73. The lowest BCUT2D eigenvalue weighted by atomic mass is 10.1. The number of nitrogens with zero attached hydrogens (tertiary/aromatic N) is 2. The smallest absolute Gasteiger partial charge is 0.264 e. The summed E-state index contributed by atoms with van der Waals surface area (Å²) in [6.45, 7) is 0.239. The molecule has 1 amide bonds. The maximum Gasteiger partial charge on any atom is 0.264 e. The average molecular weight is 411 g/mol. The number of halogens is 1. The third-order valence-electron chi connectivity index (χ3n) is 4.64. The van der Waals surface area contributed by atoms with Crippen molar-refractivity contribution in [2.45, 2.75) is 13.2 Å². The molecule has 8 heteroatoms. The van der Waals surface area contributed by atoms with Crippen molar-refractivity contribution >= 4 is 38.2 Å². The zero-order chi connectivity index (χ0) is 20.5. The van der Waals surface area contributed by atoms with Gasteiger partial charge >= 0.3 is 0 Å². The van der Waals surface area contributed by atoms with E-state index in [1.165, 1.54) is 29.4 Å². The van der Waals surface area contributed by atoms with Crippen molar-refractivity contribution in [3.05, 3.63) is 74.9 Å². The Labute approximate surface area is 169 Å². The van der Waals surface area contributed by atoms with Gasteiger partial charge in [0.2, 0.25) is 0 Å². The van der Waals surface area contributed by atoms with Crippen LogP contribution in [0.2, 0.25) is 0 Å². The van der Waals surface area contributed by atoms with Crippen molar-refractivity contribution in [2.75, 3.05) is 14.2 Å². The molecule has 0 aliphatic rings. The molecule has 0 bridgehead atoms. The van der Waals surface area contributed by atoms with Crippen LogP contribution in [0.4, 0.5) is 4.39 Å². The zero-order valence-corrected chi connectivity index (χ0v) is 16.7. The minimum Gasteiger partial charge on any atom is -0.380 e. The van der Waals surface area contributed by atoms with Crippen molar-refractivity contribution < 1.29 is 13.9 Å². The van der Waals surface area contributed by atoms with Crippen LogP contribution in [0, 0.1) is 5.82 Å². The van der Waals surface area contributed by atoms with Crippen LogP contribution in [0.1, 0.15) is 21.1 Å². The van der Waals surface area contributed by atoms with Gasteiger partial charge in [0.25, 0.3) is 11.5 Å². The molecule has 0 aliphatic carbocycles. The molecule has 0 unspecified atom stereocenters. The zero-order valence-electron chi connectivity index (χ0n) is 15.9. The molecule has 0 fully saturated rings. The molecule has 2 aromatic heterocycles. The molecule has 148 valence electrons. The Morgan fingerprint density at radius 1 is 1.24 bits per heavy atom. The molecule has 6 nitrogen and oxygen atoms in total. The van der Waals surface area contributed by atoms with Gasteiger partial charge < -0.3 is 14.6 Å². The molecule has 0 saturated heterocycles. The Morgan fingerprint density at radius 2 is 2.03 bits per heavy atom. The van der Waals surface area contributed by atoms with Gasteiger partial charge in [-0.2, -0.15) is 0 Å². The number of amides is 1. The highest BCUT2D eigenvalue weighted by atomic mass is 32.1. The molecule has 29 heavy (non-hydrogen) atoms. The summed E-state index contributed by atoms with van der Waals surface area (Å²) in [5.74, 6) is -0.286. The van der Waals surface area contributed by atoms with Crippen molar-refractivity contribution in [3.63, 3.8) is 0 Å². The number of carbonyl (C=O) groups excluding carboxylic acids is 1. The van der Waals surface area contributed by atoms with Crippen LogP contribution in [-0.2, 0) is 17.9 Å². The van der Waals surface area contributed by atoms with E-state index in [2.05, 4.69) is 9.97 Å². The van der Waals surface area contributed by atoms with Crippen LogP contribution in [0.25, 0.3) is 21.0 Å². The number of thiophene rings is 1. The van der Waals surface area contributed by atoms with E-state index in [1.807, 2.05) is 0 Å². The highest BCUT2D eigenvalue weighted by Gasteiger charge is 2.23. The summed E-state index contributed by atoms with van der Waals surface area (Å²) in [4.78, 5) is 34.4. The van der Waals surface area contributed by atoms with E-state index in [-0.39, 0.29) is 30.4 Å². The van der Waals surface area contributed by atoms with Crippen LogP contribution in [0.15, 0.2) is 47.3 Å². The average Bonchev–Trinajstić information content (AvgIpc) is 3.07. The number of fused-ring (bicyclic) bond motifs is 2. The van der Waals surface area contributed by atoms with Gasteiger partial charge in [0.05, 0.1) is 28.9 Å². The predicted molar refractivity (Wildman–Crippen MR) is 111 cm³/mol. The summed E-state index contributed by atoms with van der Waals surface area (Å²) in [6, 6.07) is 11.8. The topological polar surface area (TPSA) is 75.3 Å². The molecule has 0 saturated carbocycles. The van der Waals surface area contributed by atoms with Gasteiger partial charge in [-0.05, 0) is 24.3 Å². The van der Waals surface area contributed by atoms with Crippen molar-refractivity contribution in [1.82, 2.24) is 14.9 Å². The molecular formula is C21H18FN3O3S. The van der Waals surface area contributed by atoms with Gasteiger partial charge in [0.15, 0.2) is 0 Å². The Bertz CT molecular complexity index is 1280. The maximum atomic E-state index is 14.4. The first-order valence-corrected chi connectivity index (χ1v) is 9.73. The van der Waals surface area contributed by atoms with E-state index in [0.717, 1.165) is 0 Å². The Morgan fingerprint density at radius 3 is 2.83 bits per heavy atom. The van der Waals surface area contributed by atoms with Gasteiger partial charge in [-0.25, -0.2) is 9.37 Å². The molecule has 0 radical (unpaired) electrons. The first-order chi connectivity index (χ1) is 14.0. The summed E-state index contributed by atoms with van der Waals surface area (Å²) >= 11 is 1.23. The van der Waals surface area contributed by atoms with E-state index in [0.29, 0.717) is 37.3 Å². The quantitative estimate of drug-likeness (QED) is 0.543. The number of nitrogens with one attached hydrogen (secondary N) is 1. The number of benzene rings is 2. The number of ether oxygens (including phenoxy) is 1. The van der Waals surface area contributed by atoms with E-state index in [1.54, 1.807) is 43.4 Å². The number of methoxy groups -OCH3 is 1. The second-order valence-electron chi connectivity index (χ2n) is 6.65. The van der Waals surface area contributed by atoms with E-state index < -0.39 is 0 Å². The Kier molecular flexibility index (Phi) is 5.12. The molecule has 0 spiro atoms. The van der Waals surface area contributed by atoms with E-state index >= 15 is 0 Å². The SMILES string of the molecule is COCc1c(C(=O)N(C)Cc2nc3ccccc3c(=O)[nH]2)sc2cccc(F)c12. The maximum absolute atomic E-state index is 14.4. The summed E-state index contributed by atoms with van der Waals surface area (Å²) in [7, 11) is 3.13. The molecule has 2 heterocycles. The fraction of sp³-hybridized carbons (Fsp3) is 0.190. The summed E-state index contributed by atoms with van der Waals surface area (Å²) in [5, 5.41) is 0.904. The summed E-state index contributed by atoms with van der Waals surface area (Å²) in [6.07, 6.45) is 0. The molecule has 4 rings (SSSR count). The largest absolute Gasteiger partial charge is 0.380 e. The molecule has 0 atom stereocenters. The van der Waals surface area contributed by atoms with Crippen LogP contribution < -0.4 is 5.56 Å². The highest BCUT2D eigenvalue weighted by Crippen LogP contribution is 2.34. The van der Waals surface area contributed by atoms with Crippen LogP contribution in [0.3, 0.4) is 0 Å². The summed E-state index contributed by atoms with van der Waals surface area (Å²) in [5.41, 5.74) is 0.842. The Balaban J connectivity index is 1.69. The number of rotatable bonds is 5. The lowest BCUT2D eigenvalue weighted by Crippen LogP contribution is -2.28. The lowest BCUT2D eigenvalue weighted by molar-refractivity contribution is 0.0782. The van der Waals surface area contributed by atoms with Crippen LogP contribution >= 0.6 is 11.3 Å². The van der Waals surface area contributed by atoms with Crippen molar-refractivity contribution in [3.8, 4) is 0 Å². The number of aromatic amines is 1. The van der Waals surface area contributed by atoms with Crippen LogP contribution in [0.5, 0.6) is 0 Å². The molecular weight excluding hydrogens is 393 g/mol. The van der Waals surface area contributed by atoms with Gasteiger partial charge in [-0.3, -0.25) is 9.59 Å². The fourth-order valence-corrected chi connectivity index (χ4v) is 4.52. The molecule has 4 aromatic rings. The number of para-hydroxylation sites is 1. The Hall–Kier alpha value is -3.10. The third-order valence-corrected chi connectivity index (χ3v) is 5.83. The minimum absolute atomic E-state index is 0.113. The number of hydrogen-bond donors (Lipinski definition) is 1. The number of carbonyl (C=O) groups is 1. The standard InChI is InChI=1S/C21H18FN3O3S/c1-25(10-17-23-15-8-4-3-6-12(15)20(26)24-17)21(27)19-13(11-28-2)18-14(22)7-5-9-16(18)29-19/h3-9H,10-11H2,1-2H3,(H,23,24,26). The van der Waals surface area contributed by atoms with Gasteiger partial charge in [0.1, 0.15) is 11.6 Å². The normalized spacial score (nSPS) is 11.3. The van der Waals surface area contributed by atoms with Gasteiger partial charge in [-0.1, -0.05) is 18.2 Å². The molecule has 1 N–H and O–H groups in total. The number of H-pyrrole nitrogens is 1. The summed E-state index contributed by atoms with van der Waals surface area (Å²) < 4.78 is 20.3. The molecule has 0 aliphatic heterocycles. The monoisotopic (exact) mass is 411 g/mol. The van der Waals surface area contributed by atoms with Crippen molar-refractivity contribution in [1.29, 1.82) is 0 Å². The first kappa shape index (κ1) is 19.2. The lowest BCUT2D eigenvalue weighted by Gasteiger charge is -2.17. The second-order valence-corrected chi connectivity index (χ2v) is 7.70. The van der Waals surface area contributed by atoms with E-state index in [9.17, 15) is 14.0 Å². The first-order valence-electron chi connectivity index (χ1n) is 8.92. The van der Waals surface area contributed by atoms with Gasteiger partial charge in [-0.15, -0.1) is 11.3 Å². The van der Waals surface area contributed by atoms with E-state index in [4.69, 9.17) is 4.74 Å². The molecule has 2 aromatic carbocycles. The highest BCUT2D eigenvalue weighted by molar-refractivity contribution is 7.21. The minimum atomic E-state index is -0.381. The van der Waals surface area contributed by atoms with Gasteiger partial charge in [0, 0.05) is 29.8 Å². The van der Waals surface area contributed by atoms with Crippen molar-refractivity contribution in [2.24, 2.45) is 0 Å². The fourth-order valence-electron chi connectivity index (χ4n) is 3.30.